The van der Waals surface area contributed by atoms with Gasteiger partial charge >= 0.3 is 0 Å². The Labute approximate surface area is 179 Å². The molecule has 31 heavy (non-hydrogen) atoms. The second-order valence-corrected chi connectivity index (χ2v) is 7.81. The summed E-state index contributed by atoms with van der Waals surface area (Å²) in [6.45, 7) is 2.24. The van der Waals surface area contributed by atoms with E-state index in [-0.39, 0.29) is 12.0 Å². The number of carbonyl (C=O) groups excluding carboxylic acids is 1. The van der Waals surface area contributed by atoms with Crippen LogP contribution in [0.3, 0.4) is 0 Å². The lowest BCUT2D eigenvalue weighted by Crippen LogP contribution is -2.37. The highest BCUT2D eigenvalue weighted by Crippen LogP contribution is 2.28. The van der Waals surface area contributed by atoms with Crippen LogP contribution in [0, 0.1) is 5.95 Å². The van der Waals surface area contributed by atoms with E-state index in [4.69, 9.17) is 9.47 Å². The second kappa shape index (κ2) is 8.47. The van der Waals surface area contributed by atoms with Gasteiger partial charge in [0, 0.05) is 32.0 Å². The third-order valence-corrected chi connectivity index (χ3v) is 5.74. The molecule has 160 valence electrons. The maximum Gasteiger partial charge on any atom is 0.259 e. The molecule has 1 fully saturated rings. The Morgan fingerprint density at radius 2 is 2.03 bits per heavy atom. The molecule has 1 saturated heterocycles. The molecule has 2 aliphatic rings. The van der Waals surface area contributed by atoms with Crippen molar-refractivity contribution in [3.8, 4) is 11.6 Å². The van der Waals surface area contributed by atoms with Gasteiger partial charge in [-0.15, -0.1) is 0 Å². The monoisotopic (exact) mass is 422 g/mol. The number of carbonyl (C=O) groups is 1. The number of aromatic nitrogens is 3. The molecule has 3 aromatic rings. The number of benzene rings is 1. The Balaban J connectivity index is 1.30. The van der Waals surface area contributed by atoms with Gasteiger partial charge < -0.3 is 14.4 Å². The molecule has 0 aliphatic carbocycles. The van der Waals surface area contributed by atoms with Gasteiger partial charge in [0.1, 0.15) is 12.2 Å². The average molecular weight is 422 g/mol. The first kappa shape index (κ1) is 19.7. The molecule has 1 amide bonds. The molecule has 1 unspecified atom stereocenters. The van der Waals surface area contributed by atoms with Crippen LogP contribution in [0.1, 0.15) is 34.3 Å². The minimum absolute atomic E-state index is 0.0607. The zero-order chi connectivity index (χ0) is 21.2. The standard InChI is InChI=1S/C23H23FN4O3/c24-20-8-11-26-28(20)18-5-3-16(4-6-18)14-27-12-9-17-7-10-25-22(21(17)23(27)29)31-15-19-2-1-13-30-19/h3-8,10-11,19H,1-2,9,12-15H2. The van der Waals surface area contributed by atoms with Gasteiger partial charge in [-0.1, -0.05) is 12.1 Å². The van der Waals surface area contributed by atoms with Crippen molar-refractivity contribution in [3.63, 3.8) is 0 Å². The van der Waals surface area contributed by atoms with Crippen molar-refractivity contribution in [2.24, 2.45) is 0 Å². The van der Waals surface area contributed by atoms with Crippen molar-refractivity contribution >= 4 is 5.91 Å². The number of halogens is 1. The topological polar surface area (TPSA) is 69.5 Å². The number of ether oxygens (including phenoxy) is 2. The van der Waals surface area contributed by atoms with Crippen molar-refractivity contribution in [1.82, 2.24) is 19.7 Å². The molecule has 0 bridgehead atoms. The molecule has 7 nitrogen and oxygen atoms in total. The summed E-state index contributed by atoms with van der Waals surface area (Å²) < 4.78 is 26.5. The third-order valence-electron chi connectivity index (χ3n) is 5.74. The minimum Gasteiger partial charge on any atom is -0.474 e. The number of fused-ring (bicyclic) bond motifs is 1. The van der Waals surface area contributed by atoms with Crippen LogP contribution in [0.4, 0.5) is 4.39 Å². The van der Waals surface area contributed by atoms with E-state index in [1.54, 1.807) is 23.2 Å². The fourth-order valence-corrected chi connectivity index (χ4v) is 4.08. The van der Waals surface area contributed by atoms with Crippen molar-refractivity contribution in [3.05, 3.63) is 71.4 Å². The summed E-state index contributed by atoms with van der Waals surface area (Å²) >= 11 is 0. The summed E-state index contributed by atoms with van der Waals surface area (Å²) in [6, 6.07) is 10.6. The van der Waals surface area contributed by atoms with Gasteiger partial charge in [-0.05, 0) is 48.6 Å². The average Bonchev–Trinajstić information content (AvgIpc) is 3.46. The lowest BCUT2D eigenvalue weighted by Gasteiger charge is -2.29. The van der Waals surface area contributed by atoms with Crippen molar-refractivity contribution < 1.29 is 18.7 Å². The normalized spacial score (nSPS) is 18.3. The van der Waals surface area contributed by atoms with Crippen LogP contribution in [0.15, 0.2) is 48.8 Å². The molecule has 1 atom stereocenters. The van der Waals surface area contributed by atoms with Gasteiger partial charge in [-0.3, -0.25) is 4.79 Å². The van der Waals surface area contributed by atoms with E-state index < -0.39 is 5.95 Å². The lowest BCUT2D eigenvalue weighted by atomic mass is 10.00. The number of amides is 1. The van der Waals surface area contributed by atoms with E-state index in [0.717, 1.165) is 37.0 Å². The highest BCUT2D eigenvalue weighted by atomic mass is 19.1. The largest absolute Gasteiger partial charge is 0.474 e. The molecule has 4 heterocycles. The molecule has 2 aliphatic heterocycles. The predicted molar refractivity (Wildman–Crippen MR) is 111 cm³/mol. The van der Waals surface area contributed by atoms with E-state index in [0.29, 0.717) is 36.8 Å². The Kier molecular flexibility index (Phi) is 5.38. The van der Waals surface area contributed by atoms with Crippen molar-refractivity contribution in [1.29, 1.82) is 0 Å². The summed E-state index contributed by atoms with van der Waals surface area (Å²) in [5.74, 6) is -0.121. The van der Waals surface area contributed by atoms with Gasteiger partial charge in [0.15, 0.2) is 0 Å². The third kappa shape index (κ3) is 4.03. The minimum atomic E-state index is -0.418. The number of hydrogen-bond acceptors (Lipinski definition) is 5. The molecule has 2 aromatic heterocycles. The smallest absolute Gasteiger partial charge is 0.259 e. The van der Waals surface area contributed by atoms with Crippen LogP contribution < -0.4 is 4.74 Å². The maximum atomic E-state index is 13.7. The fourth-order valence-electron chi connectivity index (χ4n) is 4.08. The molecule has 0 spiro atoms. The van der Waals surface area contributed by atoms with Crippen LogP contribution in [0.2, 0.25) is 0 Å². The molecule has 1 aromatic carbocycles. The van der Waals surface area contributed by atoms with Crippen molar-refractivity contribution in [2.45, 2.75) is 31.9 Å². The van der Waals surface area contributed by atoms with E-state index in [2.05, 4.69) is 10.1 Å². The van der Waals surface area contributed by atoms with Crippen LogP contribution in [0.5, 0.6) is 5.88 Å². The first-order valence-corrected chi connectivity index (χ1v) is 10.5. The quantitative estimate of drug-likeness (QED) is 0.610. The van der Waals surface area contributed by atoms with Gasteiger partial charge in [0.2, 0.25) is 11.8 Å². The summed E-state index contributed by atoms with van der Waals surface area (Å²) in [5, 5.41) is 3.97. The first-order chi connectivity index (χ1) is 15.2. The summed E-state index contributed by atoms with van der Waals surface area (Å²) in [7, 11) is 0. The molecule has 8 heteroatoms. The lowest BCUT2D eigenvalue weighted by molar-refractivity contribution is 0.0623. The Bertz CT molecular complexity index is 1080. The zero-order valence-corrected chi connectivity index (χ0v) is 17.0. The fraction of sp³-hybridized carbons (Fsp3) is 0.348. The molecular formula is C23H23FN4O3. The predicted octanol–water partition coefficient (Wildman–Crippen LogP) is 3.16. The Morgan fingerprint density at radius 3 is 2.77 bits per heavy atom. The summed E-state index contributed by atoms with van der Waals surface area (Å²) in [4.78, 5) is 19.4. The number of rotatable bonds is 6. The zero-order valence-electron chi connectivity index (χ0n) is 17.0. The number of pyridine rings is 1. The van der Waals surface area contributed by atoms with Gasteiger partial charge in [-0.25, -0.2) is 9.67 Å². The Morgan fingerprint density at radius 1 is 1.16 bits per heavy atom. The molecular weight excluding hydrogens is 399 g/mol. The van der Waals surface area contributed by atoms with Gasteiger partial charge in [0.25, 0.3) is 5.91 Å². The highest BCUT2D eigenvalue weighted by molar-refractivity contribution is 5.98. The second-order valence-electron chi connectivity index (χ2n) is 7.81. The highest BCUT2D eigenvalue weighted by Gasteiger charge is 2.29. The van der Waals surface area contributed by atoms with Gasteiger partial charge in [0.05, 0.1) is 18.0 Å². The molecule has 0 saturated carbocycles. The van der Waals surface area contributed by atoms with Gasteiger partial charge in [-0.2, -0.15) is 9.49 Å². The molecule has 5 rings (SSSR count). The maximum absolute atomic E-state index is 13.7. The van der Waals surface area contributed by atoms with Crippen LogP contribution in [-0.4, -0.2) is 51.4 Å². The van der Waals surface area contributed by atoms with E-state index in [1.807, 2.05) is 18.2 Å². The number of nitrogens with zero attached hydrogens (tertiary/aromatic N) is 4. The van der Waals surface area contributed by atoms with Crippen molar-refractivity contribution in [2.75, 3.05) is 19.8 Å². The SMILES string of the molecule is O=C1c2c(ccnc2OCC2CCCO2)CCN1Cc1ccc(-n2nccc2F)cc1. The Hall–Kier alpha value is -3.26. The first-order valence-electron chi connectivity index (χ1n) is 10.5. The molecule has 0 N–H and O–H groups in total. The van der Waals surface area contributed by atoms with E-state index >= 15 is 0 Å². The van der Waals surface area contributed by atoms with Crippen LogP contribution >= 0.6 is 0 Å². The van der Waals surface area contributed by atoms with Crippen LogP contribution in [-0.2, 0) is 17.7 Å². The van der Waals surface area contributed by atoms with Crippen LogP contribution in [0.25, 0.3) is 5.69 Å². The van der Waals surface area contributed by atoms with E-state index in [1.165, 1.54) is 16.9 Å². The summed E-state index contributed by atoms with van der Waals surface area (Å²) in [5.41, 5.74) is 3.10. The van der Waals surface area contributed by atoms with E-state index in [9.17, 15) is 9.18 Å². The summed E-state index contributed by atoms with van der Waals surface area (Å²) in [6.07, 6.45) is 5.92. The molecule has 0 radical (unpaired) electrons. The number of hydrogen-bond donors (Lipinski definition) is 0.